The first-order valence-corrected chi connectivity index (χ1v) is 8.12. The fourth-order valence-electron chi connectivity index (χ4n) is 2.41. The lowest BCUT2D eigenvalue weighted by molar-refractivity contribution is 0.0506. The third kappa shape index (κ3) is 4.66. The molecule has 0 aliphatic carbocycles. The number of amides is 1. The number of hydrogen-bond acceptors (Lipinski definition) is 4. The normalized spacial score (nSPS) is 25.9. The number of dihydropyridines is 1. The lowest BCUT2D eigenvalue weighted by Crippen LogP contribution is -2.42. The SMILES string of the molecule is CC1NC(N2CCC(NC(=O)OC(C)(C)C)C2)=CC=C1Br. The number of allylic oxidation sites excluding steroid dienone is 2. The Morgan fingerprint density at radius 2 is 2.19 bits per heavy atom. The highest BCUT2D eigenvalue weighted by Gasteiger charge is 2.28. The second kappa shape index (κ2) is 6.30. The number of ether oxygens (including phenoxy) is 1. The number of nitrogens with one attached hydrogen (secondary N) is 2. The molecular formula is C15H24BrN3O2. The summed E-state index contributed by atoms with van der Waals surface area (Å²) in [6.07, 6.45) is 4.73. The number of alkyl carbamates (subject to hydrolysis) is 1. The molecule has 0 spiro atoms. The summed E-state index contributed by atoms with van der Waals surface area (Å²) in [5.41, 5.74) is -0.456. The standard InChI is InChI=1S/C15H24BrN3O2/c1-10-12(16)5-6-13(17-10)19-8-7-11(9-19)18-14(20)21-15(2,3)4/h5-6,10-11,17H,7-9H2,1-4H3,(H,18,20). The third-order valence-electron chi connectivity index (χ3n) is 3.43. The van der Waals surface area contributed by atoms with E-state index in [0.29, 0.717) is 0 Å². The second-order valence-electron chi connectivity index (χ2n) is 6.55. The first kappa shape index (κ1) is 16.2. The zero-order valence-electron chi connectivity index (χ0n) is 13.1. The molecule has 0 bridgehead atoms. The first-order valence-electron chi connectivity index (χ1n) is 7.33. The van der Waals surface area contributed by atoms with Crippen molar-refractivity contribution in [3.63, 3.8) is 0 Å². The number of rotatable bonds is 2. The number of nitrogens with zero attached hydrogens (tertiary/aromatic N) is 1. The first-order chi connectivity index (χ1) is 9.74. The molecule has 5 nitrogen and oxygen atoms in total. The molecule has 2 aliphatic heterocycles. The minimum atomic E-state index is -0.456. The molecule has 1 amide bonds. The summed E-state index contributed by atoms with van der Waals surface area (Å²) in [7, 11) is 0. The van der Waals surface area contributed by atoms with Crippen LogP contribution in [0.3, 0.4) is 0 Å². The highest BCUT2D eigenvalue weighted by Crippen LogP contribution is 2.21. The maximum absolute atomic E-state index is 11.8. The molecule has 0 saturated carbocycles. The van der Waals surface area contributed by atoms with Crippen molar-refractivity contribution in [3.05, 3.63) is 22.5 Å². The number of halogens is 1. The predicted octanol–water partition coefficient (Wildman–Crippen LogP) is 2.70. The fourth-order valence-corrected chi connectivity index (χ4v) is 2.66. The molecular weight excluding hydrogens is 334 g/mol. The summed E-state index contributed by atoms with van der Waals surface area (Å²) < 4.78 is 6.44. The molecule has 2 aliphatic rings. The lowest BCUT2D eigenvalue weighted by atomic mass is 10.2. The third-order valence-corrected chi connectivity index (χ3v) is 4.38. The summed E-state index contributed by atoms with van der Waals surface area (Å²) in [5.74, 6) is 1.11. The van der Waals surface area contributed by atoms with E-state index in [1.807, 2.05) is 20.8 Å². The van der Waals surface area contributed by atoms with Gasteiger partial charge in [-0.15, -0.1) is 0 Å². The summed E-state index contributed by atoms with van der Waals surface area (Å²) in [5, 5.41) is 6.39. The zero-order valence-corrected chi connectivity index (χ0v) is 14.7. The van der Waals surface area contributed by atoms with Crippen molar-refractivity contribution in [2.24, 2.45) is 0 Å². The van der Waals surface area contributed by atoms with E-state index in [2.05, 4.69) is 50.5 Å². The monoisotopic (exact) mass is 357 g/mol. The molecule has 0 aromatic carbocycles. The molecule has 2 atom stereocenters. The summed E-state index contributed by atoms with van der Waals surface area (Å²) in [6.45, 7) is 9.45. The van der Waals surface area contributed by atoms with Crippen molar-refractivity contribution in [3.8, 4) is 0 Å². The van der Waals surface area contributed by atoms with E-state index < -0.39 is 5.60 Å². The Labute approximate surface area is 134 Å². The maximum Gasteiger partial charge on any atom is 0.407 e. The van der Waals surface area contributed by atoms with Gasteiger partial charge in [-0.1, -0.05) is 15.9 Å². The Kier molecular flexibility index (Phi) is 4.86. The van der Waals surface area contributed by atoms with Gasteiger partial charge in [0.05, 0.1) is 12.1 Å². The molecule has 1 saturated heterocycles. The van der Waals surface area contributed by atoms with Crippen LogP contribution >= 0.6 is 15.9 Å². The number of carbonyl (C=O) groups is 1. The Balaban J connectivity index is 1.86. The predicted molar refractivity (Wildman–Crippen MR) is 87.0 cm³/mol. The second-order valence-corrected chi connectivity index (χ2v) is 7.46. The summed E-state index contributed by atoms with van der Waals surface area (Å²) >= 11 is 3.52. The molecule has 1 fully saturated rings. The molecule has 0 aromatic rings. The van der Waals surface area contributed by atoms with Gasteiger partial charge < -0.3 is 20.3 Å². The van der Waals surface area contributed by atoms with Gasteiger partial charge in [0.15, 0.2) is 0 Å². The van der Waals surface area contributed by atoms with Gasteiger partial charge in [-0.2, -0.15) is 0 Å². The van der Waals surface area contributed by atoms with E-state index >= 15 is 0 Å². The van der Waals surface area contributed by atoms with E-state index in [0.717, 1.165) is 29.8 Å². The van der Waals surface area contributed by atoms with Crippen LogP contribution in [0.1, 0.15) is 34.1 Å². The van der Waals surface area contributed by atoms with Gasteiger partial charge in [-0.3, -0.25) is 0 Å². The lowest BCUT2D eigenvalue weighted by Gasteiger charge is -2.29. The van der Waals surface area contributed by atoms with E-state index in [4.69, 9.17) is 4.74 Å². The van der Waals surface area contributed by atoms with Crippen LogP contribution in [-0.2, 0) is 4.74 Å². The Morgan fingerprint density at radius 3 is 2.81 bits per heavy atom. The van der Waals surface area contributed by atoms with Crippen LogP contribution in [0.15, 0.2) is 22.5 Å². The van der Waals surface area contributed by atoms with Crippen LogP contribution in [0.5, 0.6) is 0 Å². The number of carbonyl (C=O) groups excluding carboxylic acids is 1. The highest BCUT2D eigenvalue weighted by atomic mass is 79.9. The van der Waals surface area contributed by atoms with E-state index in [1.165, 1.54) is 0 Å². The van der Waals surface area contributed by atoms with E-state index in [1.54, 1.807) is 0 Å². The van der Waals surface area contributed by atoms with Crippen LogP contribution in [0, 0.1) is 0 Å². The molecule has 0 aromatic heterocycles. The zero-order chi connectivity index (χ0) is 15.6. The van der Waals surface area contributed by atoms with Gasteiger partial charge in [-0.05, 0) is 46.3 Å². The topological polar surface area (TPSA) is 53.6 Å². The number of hydrogen-bond donors (Lipinski definition) is 2. The van der Waals surface area contributed by atoms with Crippen molar-refractivity contribution < 1.29 is 9.53 Å². The molecule has 2 heterocycles. The molecule has 2 rings (SSSR count). The van der Waals surface area contributed by atoms with Crippen molar-refractivity contribution in [1.82, 2.24) is 15.5 Å². The highest BCUT2D eigenvalue weighted by molar-refractivity contribution is 9.11. The smallest absolute Gasteiger partial charge is 0.407 e. The van der Waals surface area contributed by atoms with Crippen molar-refractivity contribution in [2.75, 3.05) is 13.1 Å². The van der Waals surface area contributed by atoms with Crippen molar-refractivity contribution in [1.29, 1.82) is 0 Å². The van der Waals surface area contributed by atoms with Gasteiger partial charge in [0, 0.05) is 17.6 Å². The Morgan fingerprint density at radius 1 is 1.48 bits per heavy atom. The van der Waals surface area contributed by atoms with Crippen LogP contribution in [-0.4, -0.2) is 41.8 Å². The van der Waals surface area contributed by atoms with Crippen molar-refractivity contribution in [2.45, 2.75) is 51.8 Å². The van der Waals surface area contributed by atoms with Gasteiger partial charge in [0.2, 0.25) is 0 Å². The van der Waals surface area contributed by atoms with Crippen LogP contribution in [0.25, 0.3) is 0 Å². The molecule has 2 unspecified atom stereocenters. The van der Waals surface area contributed by atoms with Crippen molar-refractivity contribution >= 4 is 22.0 Å². The molecule has 2 N–H and O–H groups in total. The minimum Gasteiger partial charge on any atom is -0.444 e. The maximum atomic E-state index is 11.8. The van der Waals surface area contributed by atoms with Crippen LogP contribution in [0.2, 0.25) is 0 Å². The summed E-state index contributed by atoms with van der Waals surface area (Å²) in [4.78, 5) is 14.1. The average Bonchev–Trinajstić information content (AvgIpc) is 2.78. The quantitative estimate of drug-likeness (QED) is 0.797. The minimum absolute atomic E-state index is 0.132. The van der Waals surface area contributed by atoms with E-state index in [-0.39, 0.29) is 18.2 Å². The van der Waals surface area contributed by atoms with Gasteiger partial charge in [-0.25, -0.2) is 4.79 Å². The van der Waals surface area contributed by atoms with Gasteiger partial charge in [0.25, 0.3) is 0 Å². The fraction of sp³-hybridized carbons (Fsp3) is 0.667. The van der Waals surface area contributed by atoms with E-state index in [9.17, 15) is 4.79 Å². The molecule has 21 heavy (non-hydrogen) atoms. The van der Waals surface area contributed by atoms with Gasteiger partial charge in [0.1, 0.15) is 11.4 Å². The Hall–Kier alpha value is -1.17. The van der Waals surface area contributed by atoms with Gasteiger partial charge >= 0.3 is 6.09 Å². The van der Waals surface area contributed by atoms with Crippen LogP contribution in [0.4, 0.5) is 4.79 Å². The molecule has 118 valence electrons. The number of likely N-dealkylation sites (tertiary alicyclic amines) is 1. The summed E-state index contributed by atoms with van der Waals surface area (Å²) in [6, 6.07) is 0.412. The Bertz CT molecular complexity index is 468. The molecule has 0 radical (unpaired) electrons. The molecule has 6 heteroatoms. The largest absolute Gasteiger partial charge is 0.444 e. The average molecular weight is 358 g/mol. The van der Waals surface area contributed by atoms with Crippen LogP contribution < -0.4 is 10.6 Å².